The van der Waals surface area contributed by atoms with E-state index in [2.05, 4.69) is 45.0 Å². The summed E-state index contributed by atoms with van der Waals surface area (Å²) < 4.78 is 0. The number of hydrogen-bond donors (Lipinski definition) is 2. The molecule has 3 rings (SSSR count). The number of nitrogens with zero attached hydrogens (tertiary/aromatic N) is 2. The van der Waals surface area contributed by atoms with Gasteiger partial charge < -0.3 is 10.6 Å². The van der Waals surface area contributed by atoms with Crippen LogP contribution >= 0.6 is 11.3 Å². The van der Waals surface area contributed by atoms with Gasteiger partial charge in [0.05, 0.1) is 12.1 Å². The summed E-state index contributed by atoms with van der Waals surface area (Å²) in [7, 11) is 0. The van der Waals surface area contributed by atoms with Crippen LogP contribution < -0.4 is 10.6 Å². The van der Waals surface area contributed by atoms with Gasteiger partial charge in [-0.05, 0) is 43.0 Å². The quantitative estimate of drug-likeness (QED) is 0.746. The van der Waals surface area contributed by atoms with Gasteiger partial charge in [0.1, 0.15) is 5.82 Å². The van der Waals surface area contributed by atoms with Crippen LogP contribution in [-0.4, -0.2) is 16.5 Å². The Labute approximate surface area is 128 Å². The van der Waals surface area contributed by atoms with Crippen LogP contribution in [0.3, 0.4) is 0 Å². The van der Waals surface area contributed by atoms with Crippen LogP contribution in [0.2, 0.25) is 0 Å². The highest BCUT2D eigenvalue weighted by Gasteiger charge is 2.07. The SMILES string of the molecule is CCNc1nc(NCc2sccc2C)c2ccccc2n1. The zero-order valence-corrected chi connectivity index (χ0v) is 13.0. The van der Waals surface area contributed by atoms with E-state index in [1.54, 1.807) is 11.3 Å². The molecule has 0 fully saturated rings. The van der Waals surface area contributed by atoms with Gasteiger partial charge in [0.2, 0.25) is 5.95 Å². The van der Waals surface area contributed by atoms with Crippen molar-refractivity contribution in [2.45, 2.75) is 20.4 Å². The number of anilines is 2. The molecular formula is C16H18N4S. The van der Waals surface area contributed by atoms with Crippen LogP contribution in [0.4, 0.5) is 11.8 Å². The van der Waals surface area contributed by atoms with Crippen LogP contribution in [0.1, 0.15) is 17.4 Å². The molecule has 0 aliphatic rings. The van der Waals surface area contributed by atoms with E-state index in [-0.39, 0.29) is 0 Å². The Morgan fingerprint density at radius 1 is 1.10 bits per heavy atom. The summed E-state index contributed by atoms with van der Waals surface area (Å²) in [5.41, 5.74) is 2.27. The van der Waals surface area contributed by atoms with Gasteiger partial charge in [0, 0.05) is 16.8 Å². The Balaban J connectivity index is 1.93. The molecule has 0 spiro atoms. The molecule has 2 heterocycles. The lowest BCUT2D eigenvalue weighted by Gasteiger charge is -2.11. The number of fused-ring (bicyclic) bond motifs is 1. The predicted octanol–water partition coefficient (Wildman–Crippen LogP) is 4.04. The predicted molar refractivity (Wildman–Crippen MR) is 90.1 cm³/mol. The number of hydrogen-bond acceptors (Lipinski definition) is 5. The Hall–Kier alpha value is -2.14. The number of rotatable bonds is 5. The highest BCUT2D eigenvalue weighted by molar-refractivity contribution is 7.10. The lowest BCUT2D eigenvalue weighted by Crippen LogP contribution is -2.07. The summed E-state index contributed by atoms with van der Waals surface area (Å²) in [4.78, 5) is 10.5. The van der Waals surface area contributed by atoms with E-state index in [1.165, 1.54) is 10.4 Å². The van der Waals surface area contributed by atoms with E-state index in [1.807, 2.05) is 25.1 Å². The Kier molecular flexibility index (Phi) is 4.01. The summed E-state index contributed by atoms with van der Waals surface area (Å²) in [5.74, 6) is 1.55. The van der Waals surface area contributed by atoms with Crippen LogP contribution in [-0.2, 0) is 6.54 Å². The monoisotopic (exact) mass is 298 g/mol. The van der Waals surface area contributed by atoms with Crippen molar-refractivity contribution in [3.63, 3.8) is 0 Å². The standard InChI is InChI=1S/C16H18N4S/c1-3-17-16-19-13-7-5-4-6-12(13)15(20-16)18-10-14-11(2)8-9-21-14/h4-9H,3,10H2,1-2H3,(H2,17,18,19,20). The molecule has 0 aliphatic carbocycles. The van der Waals surface area contributed by atoms with Gasteiger partial charge in [-0.15, -0.1) is 11.3 Å². The molecule has 5 heteroatoms. The summed E-state index contributed by atoms with van der Waals surface area (Å²) in [6, 6.07) is 10.2. The van der Waals surface area contributed by atoms with Gasteiger partial charge in [0.15, 0.2) is 0 Å². The largest absolute Gasteiger partial charge is 0.364 e. The number of aromatic nitrogens is 2. The lowest BCUT2D eigenvalue weighted by molar-refractivity contribution is 1.08. The van der Waals surface area contributed by atoms with Crippen molar-refractivity contribution in [1.29, 1.82) is 0 Å². The minimum atomic E-state index is 0.668. The Morgan fingerprint density at radius 2 is 1.95 bits per heavy atom. The van der Waals surface area contributed by atoms with E-state index in [0.29, 0.717) is 5.95 Å². The number of para-hydroxylation sites is 1. The third-order valence-corrected chi connectivity index (χ3v) is 4.35. The molecule has 0 bridgehead atoms. The first-order chi connectivity index (χ1) is 10.3. The first-order valence-corrected chi connectivity index (χ1v) is 7.93. The zero-order valence-electron chi connectivity index (χ0n) is 12.2. The Bertz CT molecular complexity index is 751. The molecule has 4 nitrogen and oxygen atoms in total. The third kappa shape index (κ3) is 2.97. The molecule has 0 atom stereocenters. The van der Waals surface area contributed by atoms with Crippen LogP contribution in [0.25, 0.3) is 10.9 Å². The molecule has 0 radical (unpaired) electrons. The fourth-order valence-electron chi connectivity index (χ4n) is 2.20. The average molecular weight is 298 g/mol. The summed E-state index contributed by atoms with van der Waals surface area (Å²) in [5, 5.41) is 9.80. The lowest BCUT2D eigenvalue weighted by atomic mass is 10.2. The summed E-state index contributed by atoms with van der Waals surface area (Å²) in [6.07, 6.45) is 0. The van der Waals surface area contributed by atoms with E-state index in [4.69, 9.17) is 0 Å². The molecule has 0 saturated heterocycles. The van der Waals surface area contributed by atoms with Gasteiger partial charge >= 0.3 is 0 Å². The normalized spacial score (nSPS) is 10.8. The second kappa shape index (κ2) is 6.10. The molecule has 1 aromatic carbocycles. The Morgan fingerprint density at radius 3 is 2.71 bits per heavy atom. The molecule has 2 N–H and O–H groups in total. The summed E-state index contributed by atoms with van der Waals surface area (Å²) in [6.45, 7) is 5.77. The van der Waals surface area contributed by atoms with Crippen molar-refractivity contribution in [2.75, 3.05) is 17.2 Å². The van der Waals surface area contributed by atoms with Gasteiger partial charge in [-0.3, -0.25) is 0 Å². The topological polar surface area (TPSA) is 49.8 Å². The third-order valence-electron chi connectivity index (χ3n) is 3.32. The molecule has 3 aromatic rings. The molecule has 0 aliphatic heterocycles. The zero-order chi connectivity index (χ0) is 14.7. The maximum Gasteiger partial charge on any atom is 0.225 e. The molecule has 21 heavy (non-hydrogen) atoms. The summed E-state index contributed by atoms with van der Waals surface area (Å²) >= 11 is 1.77. The maximum absolute atomic E-state index is 4.59. The van der Waals surface area contributed by atoms with Gasteiger partial charge in [-0.2, -0.15) is 4.98 Å². The number of thiophene rings is 1. The fraction of sp³-hybridized carbons (Fsp3) is 0.250. The first kappa shape index (κ1) is 13.8. The van der Waals surface area contributed by atoms with Crippen molar-refractivity contribution in [2.24, 2.45) is 0 Å². The number of aryl methyl sites for hydroxylation is 1. The molecule has 108 valence electrons. The molecule has 2 aromatic heterocycles. The van der Waals surface area contributed by atoms with E-state index >= 15 is 0 Å². The van der Waals surface area contributed by atoms with E-state index in [0.717, 1.165) is 29.8 Å². The number of nitrogens with one attached hydrogen (secondary N) is 2. The molecule has 0 unspecified atom stereocenters. The second-order valence-electron chi connectivity index (χ2n) is 4.82. The highest BCUT2D eigenvalue weighted by atomic mass is 32.1. The van der Waals surface area contributed by atoms with Crippen molar-refractivity contribution >= 4 is 34.0 Å². The van der Waals surface area contributed by atoms with Crippen LogP contribution in [0.15, 0.2) is 35.7 Å². The van der Waals surface area contributed by atoms with Crippen LogP contribution in [0, 0.1) is 6.92 Å². The van der Waals surface area contributed by atoms with Crippen molar-refractivity contribution < 1.29 is 0 Å². The second-order valence-corrected chi connectivity index (χ2v) is 5.82. The smallest absolute Gasteiger partial charge is 0.225 e. The molecule has 0 saturated carbocycles. The number of benzene rings is 1. The molecule has 0 amide bonds. The highest BCUT2D eigenvalue weighted by Crippen LogP contribution is 2.23. The maximum atomic E-state index is 4.59. The minimum Gasteiger partial charge on any atom is -0.364 e. The van der Waals surface area contributed by atoms with Crippen molar-refractivity contribution in [3.05, 3.63) is 46.2 Å². The molecular weight excluding hydrogens is 280 g/mol. The van der Waals surface area contributed by atoms with E-state index in [9.17, 15) is 0 Å². The minimum absolute atomic E-state index is 0.668. The average Bonchev–Trinajstić information content (AvgIpc) is 2.90. The van der Waals surface area contributed by atoms with Gasteiger partial charge in [-0.1, -0.05) is 12.1 Å². The van der Waals surface area contributed by atoms with Gasteiger partial charge in [0.25, 0.3) is 0 Å². The van der Waals surface area contributed by atoms with Crippen molar-refractivity contribution in [3.8, 4) is 0 Å². The van der Waals surface area contributed by atoms with Crippen LogP contribution in [0.5, 0.6) is 0 Å². The van der Waals surface area contributed by atoms with E-state index < -0.39 is 0 Å². The fourth-order valence-corrected chi connectivity index (χ4v) is 3.04. The van der Waals surface area contributed by atoms with Gasteiger partial charge in [-0.25, -0.2) is 4.98 Å². The first-order valence-electron chi connectivity index (χ1n) is 7.05. The van der Waals surface area contributed by atoms with Crippen molar-refractivity contribution in [1.82, 2.24) is 9.97 Å².